The van der Waals surface area contributed by atoms with Crippen LogP contribution in [0.25, 0.3) is 0 Å². The summed E-state index contributed by atoms with van der Waals surface area (Å²) in [5.74, 6) is 0. The predicted octanol–water partition coefficient (Wildman–Crippen LogP) is -1.50. The van der Waals surface area contributed by atoms with E-state index < -0.39 is 32.6 Å². The molecule has 16 heteroatoms. The molecule has 49 heavy (non-hydrogen) atoms. The van der Waals surface area contributed by atoms with Crippen LogP contribution >= 0.6 is 0 Å². The molecule has 6 N–H and O–H groups in total. The zero-order valence-corrected chi connectivity index (χ0v) is 29.8. The molecule has 3 aromatic carbocycles. The molecule has 0 aliphatic rings. The summed E-state index contributed by atoms with van der Waals surface area (Å²) in [5, 5.41) is 18.5. The van der Waals surface area contributed by atoms with Crippen molar-refractivity contribution in [2.75, 3.05) is 153 Å². The van der Waals surface area contributed by atoms with E-state index in [9.17, 15) is 28.8 Å². The number of hydrogen-bond donors (Lipinski definition) is 6. The molecule has 0 saturated carbocycles. The first-order valence-electron chi connectivity index (χ1n) is 16.9. The highest BCUT2D eigenvalue weighted by atomic mass is 16.2. The molecular formula is C33H54N10O6. The zero-order valence-electron chi connectivity index (χ0n) is 29.8. The van der Waals surface area contributed by atoms with Crippen molar-refractivity contribution in [2.45, 2.75) is 19.3 Å². The standard InChI is InChI=1S/C33H54N10O6/c1-40(2)16-7-10-34-22-25(31(47)28(22)44)37-13-19-43(20-14-38-26-23(29(45)32(26)48)35-11-8-17-41(3)4)21-15-39-27-24(30(46)33(27)49)36-12-9-18-42(5)6/h34-39H,7-21H2,1-6H3. The number of rotatable bonds is 27. The van der Waals surface area contributed by atoms with Crippen LogP contribution in [0.5, 0.6) is 0 Å². The summed E-state index contributed by atoms with van der Waals surface area (Å²) in [6.07, 6.45) is 2.44. The fraction of sp³-hybridized carbons (Fsp3) is 0.636. The molecule has 0 amide bonds. The molecule has 3 aromatic rings. The third-order valence-electron chi connectivity index (χ3n) is 8.17. The zero-order chi connectivity index (χ0) is 36.1. The quantitative estimate of drug-likeness (QED) is 0.0402. The molecule has 0 spiro atoms. The average Bonchev–Trinajstić information content (AvgIpc) is 3.06. The Morgan fingerprint density at radius 3 is 0.735 bits per heavy atom. The van der Waals surface area contributed by atoms with E-state index in [-0.39, 0.29) is 17.1 Å². The summed E-state index contributed by atoms with van der Waals surface area (Å²) in [6.45, 7) is 6.68. The van der Waals surface area contributed by atoms with E-state index in [0.717, 1.165) is 38.9 Å². The Labute approximate surface area is 286 Å². The van der Waals surface area contributed by atoms with Gasteiger partial charge in [0.15, 0.2) is 0 Å². The molecular weight excluding hydrogens is 632 g/mol. The maximum Gasteiger partial charge on any atom is 0.253 e. The van der Waals surface area contributed by atoms with Crippen molar-refractivity contribution < 1.29 is 0 Å². The lowest BCUT2D eigenvalue weighted by atomic mass is 10.1. The molecule has 0 aliphatic carbocycles. The first-order valence-corrected chi connectivity index (χ1v) is 16.9. The lowest BCUT2D eigenvalue weighted by molar-refractivity contribution is 0.306. The van der Waals surface area contributed by atoms with E-state index >= 15 is 0 Å². The van der Waals surface area contributed by atoms with Crippen molar-refractivity contribution >= 4 is 34.1 Å². The third-order valence-corrected chi connectivity index (χ3v) is 8.17. The van der Waals surface area contributed by atoms with Crippen LogP contribution in [0.4, 0.5) is 34.1 Å². The second kappa shape index (κ2) is 19.2. The fourth-order valence-electron chi connectivity index (χ4n) is 5.37. The van der Waals surface area contributed by atoms with Gasteiger partial charge in [-0.25, -0.2) is 0 Å². The van der Waals surface area contributed by atoms with Gasteiger partial charge in [0, 0.05) is 58.9 Å². The smallest absolute Gasteiger partial charge is 0.253 e. The van der Waals surface area contributed by atoms with Crippen molar-refractivity contribution in [3.05, 3.63) is 61.3 Å². The SMILES string of the molecule is CN(C)CCCNc1c(NCCN(CCNc2c(NCCCN(C)C)c(=O)c2=O)CCNc2c(NCCCN(C)C)c(=O)c2=O)c(=O)c1=O. The van der Waals surface area contributed by atoms with Gasteiger partial charge in [-0.2, -0.15) is 0 Å². The monoisotopic (exact) mass is 686 g/mol. The molecule has 0 aliphatic heterocycles. The highest BCUT2D eigenvalue weighted by molar-refractivity contribution is 5.75. The summed E-state index contributed by atoms with van der Waals surface area (Å²) in [5.41, 5.74) is -1.54. The molecule has 0 fully saturated rings. The van der Waals surface area contributed by atoms with E-state index in [1.54, 1.807) is 0 Å². The van der Waals surface area contributed by atoms with Gasteiger partial charge in [0.05, 0.1) is 0 Å². The van der Waals surface area contributed by atoms with Crippen LogP contribution in [0.2, 0.25) is 0 Å². The first kappa shape index (κ1) is 39.3. The minimum absolute atomic E-state index is 0.272. The Balaban J connectivity index is 1.59. The van der Waals surface area contributed by atoms with Crippen LogP contribution in [-0.4, -0.2) is 140 Å². The second-order valence-corrected chi connectivity index (χ2v) is 13.1. The summed E-state index contributed by atoms with van der Waals surface area (Å²) in [7, 11) is 11.8. The third kappa shape index (κ3) is 11.2. The molecule has 0 aromatic heterocycles. The highest BCUT2D eigenvalue weighted by Crippen LogP contribution is 2.16. The Morgan fingerprint density at radius 1 is 0.327 bits per heavy atom. The lowest BCUT2D eigenvalue weighted by Gasteiger charge is -2.25. The lowest BCUT2D eigenvalue weighted by Crippen LogP contribution is -2.43. The van der Waals surface area contributed by atoms with E-state index in [1.165, 1.54) is 0 Å². The summed E-state index contributed by atoms with van der Waals surface area (Å²) in [4.78, 5) is 81.6. The minimum Gasteiger partial charge on any atom is -0.380 e. The summed E-state index contributed by atoms with van der Waals surface area (Å²) < 4.78 is 0. The molecule has 0 radical (unpaired) electrons. The van der Waals surface area contributed by atoms with Crippen molar-refractivity contribution in [1.82, 2.24) is 19.6 Å². The van der Waals surface area contributed by atoms with Gasteiger partial charge in [-0.05, 0) is 81.2 Å². The molecule has 0 bridgehead atoms. The molecule has 3 rings (SSSR count). The second-order valence-electron chi connectivity index (χ2n) is 13.1. The van der Waals surface area contributed by atoms with Gasteiger partial charge in [0.1, 0.15) is 34.1 Å². The highest BCUT2D eigenvalue weighted by Gasteiger charge is 2.23. The molecule has 272 valence electrons. The Bertz CT molecular complexity index is 1500. The van der Waals surface area contributed by atoms with Crippen LogP contribution in [0.1, 0.15) is 19.3 Å². The van der Waals surface area contributed by atoms with Gasteiger partial charge in [-0.15, -0.1) is 0 Å². The fourth-order valence-corrected chi connectivity index (χ4v) is 5.37. The van der Waals surface area contributed by atoms with Gasteiger partial charge in [0.2, 0.25) is 0 Å². The Morgan fingerprint density at radius 2 is 0.531 bits per heavy atom. The summed E-state index contributed by atoms with van der Waals surface area (Å²) in [6, 6.07) is 0. The summed E-state index contributed by atoms with van der Waals surface area (Å²) >= 11 is 0. The molecule has 16 nitrogen and oxygen atoms in total. The van der Waals surface area contributed by atoms with Gasteiger partial charge >= 0.3 is 0 Å². The van der Waals surface area contributed by atoms with E-state index in [2.05, 4.69) is 31.9 Å². The van der Waals surface area contributed by atoms with Gasteiger partial charge in [-0.3, -0.25) is 33.7 Å². The first-order chi connectivity index (χ1) is 23.3. The molecule has 0 heterocycles. The maximum absolute atomic E-state index is 12.3. The van der Waals surface area contributed by atoms with E-state index in [0.29, 0.717) is 76.0 Å². The number of nitrogens with one attached hydrogen (secondary N) is 6. The molecule has 0 atom stereocenters. The van der Waals surface area contributed by atoms with Crippen LogP contribution in [0.15, 0.2) is 28.8 Å². The van der Waals surface area contributed by atoms with Crippen molar-refractivity contribution in [1.29, 1.82) is 0 Å². The van der Waals surface area contributed by atoms with Gasteiger partial charge in [-0.1, -0.05) is 0 Å². The molecule has 0 saturated heterocycles. The number of anilines is 6. The largest absolute Gasteiger partial charge is 0.380 e. The van der Waals surface area contributed by atoms with E-state index in [4.69, 9.17) is 0 Å². The minimum atomic E-state index is -0.554. The number of hydrogen-bond acceptors (Lipinski definition) is 16. The predicted molar refractivity (Wildman–Crippen MR) is 201 cm³/mol. The molecule has 0 unspecified atom stereocenters. The Kier molecular flexibility index (Phi) is 15.4. The van der Waals surface area contributed by atoms with Crippen LogP contribution in [0, 0.1) is 0 Å². The van der Waals surface area contributed by atoms with Crippen LogP contribution in [-0.2, 0) is 0 Å². The Hall–Kier alpha value is -4.12. The average molecular weight is 687 g/mol. The normalized spacial score (nSPS) is 11.9. The maximum atomic E-state index is 12.3. The van der Waals surface area contributed by atoms with Crippen LogP contribution < -0.4 is 64.5 Å². The topological polar surface area (TPSA) is 188 Å². The van der Waals surface area contributed by atoms with Crippen molar-refractivity contribution in [3.8, 4) is 0 Å². The van der Waals surface area contributed by atoms with Crippen molar-refractivity contribution in [2.24, 2.45) is 0 Å². The van der Waals surface area contributed by atoms with Crippen molar-refractivity contribution in [3.63, 3.8) is 0 Å². The van der Waals surface area contributed by atoms with Crippen LogP contribution in [0.3, 0.4) is 0 Å². The van der Waals surface area contributed by atoms with E-state index in [1.807, 2.05) is 61.9 Å². The number of nitrogens with zero attached hydrogens (tertiary/aromatic N) is 4. The van der Waals surface area contributed by atoms with Gasteiger partial charge in [0.25, 0.3) is 32.6 Å². The van der Waals surface area contributed by atoms with Gasteiger partial charge < -0.3 is 46.6 Å².